The van der Waals surface area contributed by atoms with E-state index >= 15 is 0 Å². The van der Waals surface area contributed by atoms with Gasteiger partial charge in [0, 0.05) is 25.8 Å². The number of benzene rings is 1. The van der Waals surface area contributed by atoms with Crippen LogP contribution in [0.25, 0.3) is 0 Å². The molecule has 0 bridgehead atoms. The zero-order valence-corrected chi connectivity index (χ0v) is 14.6. The second-order valence-electron chi connectivity index (χ2n) is 6.95. The third kappa shape index (κ3) is 2.84. The van der Waals surface area contributed by atoms with E-state index in [0.29, 0.717) is 11.4 Å². The van der Waals surface area contributed by atoms with Crippen molar-refractivity contribution >= 4 is 17.4 Å². The van der Waals surface area contributed by atoms with Gasteiger partial charge in [0.2, 0.25) is 0 Å². The zero-order valence-electron chi connectivity index (χ0n) is 14.6. The topological polar surface area (TPSA) is 62.5 Å². The monoisotopic (exact) mass is 336 g/mol. The Hall–Kier alpha value is -2.56. The quantitative estimate of drug-likeness (QED) is 0.916. The van der Waals surface area contributed by atoms with Crippen LogP contribution >= 0.6 is 0 Å². The molecular formula is C20H24N4O. The molecule has 3 heterocycles. The Kier molecular flexibility index (Phi) is 4.07. The van der Waals surface area contributed by atoms with Crippen LogP contribution in [0.1, 0.15) is 47.3 Å². The van der Waals surface area contributed by atoms with Crippen LogP contribution in [0.2, 0.25) is 0 Å². The van der Waals surface area contributed by atoms with Crippen molar-refractivity contribution in [1.82, 2.24) is 9.88 Å². The van der Waals surface area contributed by atoms with Crippen molar-refractivity contribution in [2.75, 3.05) is 30.3 Å². The van der Waals surface area contributed by atoms with E-state index in [2.05, 4.69) is 35.0 Å². The minimum absolute atomic E-state index is 0.0370. The molecule has 25 heavy (non-hydrogen) atoms. The molecule has 2 aliphatic heterocycles. The van der Waals surface area contributed by atoms with Crippen molar-refractivity contribution in [2.24, 2.45) is 0 Å². The third-order valence-electron chi connectivity index (χ3n) is 5.45. The van der Waals surface area contributed by atoms with E-state index in [1.165, 1.54) is 11.1 Å². The van der Waals surface area contributed by atoms with Crippen molar-refractivity contribution in [1.29, 1.82) is 0 Å². The van der Waals surface area contributed by atoms with Gasteiger partial charge in [-0.2, -0.15) is 0 Å². The van der Waals surface area contributed by atoms with Gasteiger partial charge in [-0.05, 0) is 43.4 Å². The van der Waals surface area contributed by atoms with Gasteiger partial charge in [-0.1, -0.05) is 24.3 Å². The summed E-state index contributed by atoms with van der Waals surface area (Å²) >= 11 is 0. The second-order valence-corrected chi connectivity index (χ2v) is 6.95. The van der Waals surface area contributed by atoms with Crippen LogP contribution in [-0.2, 0) is 6.42 Å². The first kappa shape index (κ1) is 15.9. The number of anilines is 2. The number of rotatable bonds is 2. The normalized spacial score (nSPS) is 19.8. The number of nitrogens with zero attached hydrogens (tertiary/aromatic N) is 3. The molecule has 1 atom stereocenters. The Morgan fingerprint density at radius 2 is 1.96 bits per heavy atom. The molecule has 0 spiro atoms. The highest BCUT2D eigenvalue weighted by atomic mass is 16.2. The summed E-state index contributed by atoms with van der Waals surface area (Å²) in [4.78, 5) is 21.6. The summed E-state index contributed by atoms with van der Waals surface area (Å²) in [5.41, 5.74) is 10.2. The Bertz CT molecular complexity index is 798. The number of hydrogen-bond acceptors (Lipinski definition) is 4. The number of pyridine rings is 1. The van der Waals surface area contributed by atoms with Crippen molar-refractivity contribution in [3.63, 3.8) is 0 Å². The van der Waals surface area contributed by atoms with Crippen molar-refractivity contribution in [3.05, 3.63) is 53.2 Å². The first-order valence-electron chi connectivity index (χ1n) is 9.04. The summed E-state index contributed by atoms with van der Waals surface area (Å²) in [5, 5.41) is 0. The molecule has 130 valence electrons. The van der Waals surface area contributed by atoms with Gasteiger partial charge in [-0.15, -0.1) is 0 Å². The van der Waals surface area contributed by atoms with Crippen LogP contribution in [-0.4, -0.2) is 35.4 Å². The maximum absolute atomic E-state index is 13.1. The molecule has 1 amide bonds. The Balaban J connectivity index is 1.62. The third-order valence-corrected chi connectivity index (χ3v) is 5.45. The molecule has 5 nitrogen and oxygen atoms in total. The van der Waals surface area contributed by atoms with Gasteiger partial charge in [0.1, 0.15) is 5.82 Å². The predicted octanol–water partition coefficient (Wildman–Crippen LogP) is 3.02. The Labute approximate surface area is 148 Å². The van der Waals surface area contributed by atoms with Gasteiger partial charge in [-0.3, -0.25) is 4.79 Å². The first-order valence-corrected chi connectivity index (χ1v) is 9.04. The van der Waals surface area contributed by atoms with Crippen LogP contribution in [0.4, 0.5) is 11.5 Å². The van der Waals surface area contributed by atoms with Crippen molar-refractivity contribution in [3.8, 4) is 0 Å². The van der Waals surface area contributed by atoms with E-state index in [1.54, 1.807) is 6.20 Å². The lowest BCUT2D eigenvalue weighted by Gasteiger charge is -2.35. The highest BCUT2D eigenvalue weighted by molar-refractivity contribution is 5.96. The van der Waals surface area contributed by atoms with Gasteiger partial charge in [0.15, 0.2) is 0 Å². The summed E-state index contributed by atoms with van der Waals surface area (Å²) in [6.45, 7) is 4.80. The molecule has 2 aliphatic rings. The fourth-order valence-electron chi connectivity index (χ4n) is 4.01. The Morgan fingerprint density at radius 3 is 2.76 bits per heavy atom. The summed E-state index contributed by atoms with van der Waals surface area (Å²) in [6, 6.07) is 10.4. The molecule has 1 saturated heterocycles. The van der Waals surface area contributed by atoms with Crippen molar-refractivity contribution in [2.45, 2.75) is 32.2 Å². The first-order chi connectivity index (χ1) is 12.1. The van der Waals surface area contributed by atoms with Crippen LogP contribution in [0, 0.1) is 0 Å². The van der Waals surface area contributed by atoms with Crippen LogP contribution in [0.15, 0.2) is 36.5 Å². The molecule has 1 aromatic carbocycles. The van der Waals surface area contributed by atoms with Crippen LogP contribution in [0.3, 0.4) is 0 Å². The van der Waals surface area contributed by atoms with Gasteiger partial charge < -0.3 is 15.5 Å². The van der Waals surface area contributed by atoms with Crippen LogP contribution < -0.4 is 10.6 Å². The molecule has 0 aliphatic carbocycles. The fourth-order valence-corrected chi connectivity index (χ4v) is 4.01. The highest BCUT2D eigenvalue weighted by Crippen LogP contribution is 2.32. The lowest BCUT2D eigenvalue weighted by molar-refractivity contribution is 0.0677. The summed E-state index contributed by atoms with van der Waals surface area (Å²) < 4.78 is 0. The van der Waals surface area contributed by atoms with E-state index in [-0.39, 0.29) is 11.9 Å². The van der Waals surface area contributed by atoms with E-state index in [1.807, 2.05) is 17.0 Å². The average Bonchev–Trinajstić information content (AvgIpc) is 3.17. The minimum atomic E-state index is 0.0370. The fraction of sp³-hybridized carbons (Fsp3) is 0.400. The lowest BCUT2D eigenvalue weighted by atomic mass is 9.93. The molecule has 2 N–H and O–H groups in total. The molecule has 0 saturated carbocycles. The van der Waals surface area contributed by atoms with Crippen LogP contribution in [0.5, 0.6) is 0 Å². The van der Waals surface area contributed by atoms with E-state index in [4.69, 9.17) is 5.73 Å². The number of nitrogens with two attached hydrogens (primary N) is 1. The SMILES string of the molecule is C[C@@H]1c2ccccc2CCN1C(=O)c1cnc(N)c(N2CCCC2)c1. The largest absolute Gasteiger partial charge is 0.382 e. The number of aromatic nitrogens is 1. The van der Waals surface area contributed by atoms with Gasteiger partial charge in [-0.25, -0.2) is 4.98 Å². The molecule has 1 aromatic heterocycles. The maximum Gasteiger partial charge on any atom is 0.256 e. The second kappa shape index (κ2) is 6.39. The molecule has 0 unspecified atom stereocenters. The van der Waals surface area contributed by atoms with Crippen molar-refractivity contribution < 1.29 is 4.79 Å². The zero-order chi connectivity index (χ0) is 17.4. The van der Waals surface area contributed by atoms with E-state index in [0.717, 1.165) is 44.6 Å². The number of carbonyl (C=O) groups is 1. The summed E-state index contributed by atoms with van der Waals surface area (Å²) in [6.07, 6.45) is 4.84. The highest BCUT2D eigenvalue weighted by Gasteiger charge is 2.29. The smallest absolute Gasteiger partial charge is 0.256 e. The number of nitrogen functional groups attached to an aromatic ring is 1. The summed E-state index contributed by atoms with van der Waals surface area (Å²) in [5.74, 6) is 0.547. The van der Waals surface area contributed by atoms with E-state index < -0.39 is 0 Å². The van der Waals surface area contributed by atoms with Gasteiger partial charge in [0.05, 0.1) is 17.3 Å². The number of carbonyl (C=O) groups excluding carboxylic acids is 1. The molecule has 2 aromatic rings. The van der Waals surface area contributed by atoms with E-state index in [9.17, 15) is 4.79 Å². The Morgan fingerprint density at radius 1 is 1.20 bits per heavy atom. The number of fused-ring (bicyclic) bond motifs is 1. The molecule has 5 heteroatoms. The molecular weight excluding hydrogens is 312 g/mol. The molecule has 4 rings (SSSR count). The molecule has 0 radical (unpaired) electrons. The van der Waals surface area contributed by atoms with Gasteiger partial charge in [0.25, 0.3) is 5.91 Å². The molecule has 1 fully saturated rings. The predicted molar refractivity (Wildman–Crippen MR) is 99.7 cm³/mol. The summed E-state index contributed by atoms with van der Waals surface area (Å²) in [7, 11) is 0. The average molecular weight is 336 g/mol. The number of amides is 1. The number of hydrogen-bond donors (Lipinski definition) is 1. The maximum atomic E-state index is 13.1. The lowest BCUT2D eigenvalue weighted by Crippen LogP contribution is -2.39. The standard InChI is InChI=1S/C20H24N4O/c1-14-17-7-3-2-6-15(17)8-11-24(14)20(25)16-12-18(19(21)22-13-16)23-9-4-5-10-23/h2-3,6-7,12-14H,4-5,8-11H2,1H3,(H2,21,22)/t14-/m1/s1. The minimum Gasteiger partial charge on any atom is -0.382 e. The van der Waals surface area contributed by atoms with Gasteiger partial charge >= 0.3 is 0 Å².